The van der Waals surface area contributed by atoms with Gasteiger partial charge in [-0.2, -0.15) is 4.31 Å². The molecule has 1 fully saturated rings. The summed E-state index contributed by atoms with van der Waals surface area (Å²) < 4.78 is 31.8. The van der Waals surface area contributed by atoms with Crippen LogP contribution in [0.1, 0.15) is 40.5 Å². The summed E-state index contributed by atoms with van der Waals surface area (Å²) in [5, 5.41) is 5.43. The molecule has 0 aromatic heterocycles. The molecule has 1 aliphatic heterocycles. The van der Waals surface area contributed by atoms with Crippen LogP contribution >= 0.6 is 12.2 Å². The summed E-state index contributed by atoms with van der Waals surface area (Å²) in [5.41, 5.74) is 1.03. The zero-order valence-corrected chi connectivity index (χ0v) is 19.5. The van der Waals surface area contributed by atoms with Crippen molar-refractivity contribution in [3.8, 4) is 0 Å². The molecule has 0 saturated carbocycles. The third-order valence-corrected chi connectivity index (χ3v) is 7.38. The van der Waals surface area contributed by atoms with Crippen molar-refractivity contribution in [1.29, 1.82) is 0 Å². The van der Waals surface area contributed by atoms with Gasteiger partial charge in [0.05, 0.1) is 17.6 Å². The molecule has 0 aliphatic carbocycles. The van der Waals surface area contributed by atoms with E-state index in [1.165, 1.54) is 29.6 Å². The third kappa shape index (κ3) is 5.70. The molecule has 0 bridgehead atoms. The number of carbonyl (C=O) groups excluding carboxylic acids is 2. The number of anilines is 1. The van der Waals surface area contributed by atoms with Gasteiger partial charge in [0, 0.05) is 24.3 Å². The zero-order chi connectivity index (χ0) is 23.3. The molecule has 1 amide bonds. The van der Waals surface area contributed by atoms with Gasteiger partial charge < -0.3 is 10.1 Å². The number of sulfonamides is 1. The van der Waals surface area contributed by atoms with Gasteiger partial charge in [-0.1, -0.05) is 13.0 Å². The van der Waals surface area contributed by atoms with Crippen molar-refractivity contribution >= 4 is 44.9 Å². The number of ether oxygens (including phenoxy) is 1. The number of carbonyl (C=O) groups is 2. The van der Waals surface area contributed by atoms with Crippen LogP contribution in [0.25, 0.3) is 0 Å². The van der Waals surface area contributed by atoms with E-state index in [1.54, 1.807) is 30.3 Å². The molecule has 0 unspecified atom stereocenters. The number of methoxy groups -OCH3 is 1. The van der Waals surface area contributed by atoms with Crippen LogP contribution in [0.15, 0.2) is 53.4 Å². The van der Waals surface area contributed by atoms with E-state index < -0.39 is 21.9 Å². The molecule has 1 aliphatic rings. The first-order chi connectivity index (χ1) is 15.2. The molecule has 3 rings (SSSR count). The predicted molar refractivity (Wildman–Crippen MR) is 125 cm³/mol. The Morgan fingerprint density at radius 3 is 2.31 bits per heavy atom. The Kier molecular flexibility index (Phi) is 7.60. The Morgan fingerprint density at radius 1 is 1.06 bits per heavy atom. The van der Waals surface area contributed by atoms with Crippen molar-refractivity contribution < 1.29 is 22.7 Å². The van der Waals surface area contributed by atoms with Gasteiger partial charge in [-0.05, 0) is 73.4 Å². The molecule has 8 nitrogen and oxygen atoms in total. The van der Waals surface area contributed by atoms with Crippen LogP contribution in [-0.4, -0.2) is 49.9 Å². The Labute approximate surface area is 193 Å². The molecule has 32 heavy (non-hydrogen) atoms. The average Bonchev–Trinajstić information content (AvgIpc) is 2.79. The summed E-state index contributed by atoms with van der Waals surface area (Å²) in [7, 11) is -2.27. The van der Waals surface area contributed by atoms with E-state index in [0.717, 1.165) is 12.8 Å². The van der Waals surface area contributed by atoms with Gasteiger partial charge in [-0.3, -0.25) is 10.1 Å². The minimum atomic E-state index is -3.53. The molecule has 0 atom stereocenters. The normalized spacial score (nSPS) is 15.1. The molecule has 2 aromatic rings. The van der Waals surface area contributed by atoms with Gasteiger partial charge in [-0.15, -0.1) is 0 Å². The average molecular weight is 476 g/mol. The van der Waals surface area contributed by atoms with Crippen LogP contribution < -0.4 is 10.6 Å². The van der Waals surface area contributed by atoms with Crippen LogP contribution in [0.4, 0.5) is 5.69 Å². The maximum Gasteiger partial charge on any atom is 0.337 e. The summed E-state index contributed by atoms with van der Waals surface area (Å²) in [6, 6.07) is 12.3. The number of hydrogen-bond acceptors (Lipinski definition) is 6. The molecular formula is C22H25N3O5S2. The van der Waals surface area contributed by atoms with Crippen molar-refractivity contribution in [3.63, 3.8) is 0 Å². The molecule has 1 heterocycles. The molecule has 10 heteroatoms. The van der Waals surface area contributed by atoms with Gasteiger partial charge in [-0.25, -0.2) is 13.2 Å². The summed E-state index contributed by atoms with van der Waals surface area (Å²) in [6.45, 7) is 3.18. The monoisotopic (exact) mass is 475 g/mol. The molecule has 0 spiro atoms. The highest BCUT2D eigenvalue weighted by atomic mass is 32.2. The Bertz CT molecular complexity index is 1110. The van der Waals surface area contributed by atoms with E-state index in [9.17, 15) is 18.0 Å². The lowest BCUT2D eigenvalue weighted by atomic mass is 10.0. The van der Waals surface area contributed by atoms with Crippen LogP contribution in [0.5, 0.6) is 0 Å². The smallest absolute Gasteiger partial charge is 0.337 e. The lowest BCUT2D eigenvalue weighted by Crippen LogP contribution is -2.37. The number of amides is 1. The minimum absolute atomic E-state index is 0.0408. The van der Waals surface area contributed by atoms with E-state index in [-0.39, 0.29) is 21.1 Å². The standard InChI is InChI=1S/C22H25N3O5S2/c1-15-10-12-25(13-11-15)32(28,29)19-8-6-18(7-9-19)23-22(31)24-20(26)16-4-3-5-17(14-16)21(27)30-2/h3-9,14-15H,10-13H2,1-2H3,(H2,23,24,26,31). The quantitative estimate of drug-likeness (QED) is 0.506. The summed E-state index contributed by atoms with van der Waals surface area (Å²) >= 11 is 5.18. The summed E-state index contributed by atoms with van der Waals surface area (Å²) in [5.74, 6) is -0.506. The fraction of sp³-hybridized carbons (Fsp3) is 0.318. The highest BCUT2D eigenvalue weighted by Crippen LogP contribution is 2.24. The first-order valence-electron chi connectivity index (χ1n) is 10.1. The van der Waals surface area contributed by atoms with E-state index in [0.29, 0.717) is 24.7 Å². The van der Waals surface area contributed by atoms with E-state index in [2.05, 4.69) is 22.3 Å². The second-order valence-corrected chi connectivity index (χ2v) is 9.94. The van der Waals surface area contributed by atoms with Crippen molar-refractivity contribution in [1.82, 2.24) is 9.62 Å². The van der Waals surface area contributed by atoms with Crippen LogP contribution in [-0.2, 0) is 14.8 Å². The molecule has 0 radical (unpaired) electrons. The van der Waals surface area contributed by atoms with Gasteiger partial charge in [0.25, 0.3) is 5.91 Å². The number of thiocarbonyl (C=S) groups is 1. The van der Waals surface area contributed by atoms with E-state index >= 15 is 0 Å². The number of hydrogen-bond donors (Lipinski definition) is 2. The van der Waals surface area contributed by atoms with Gasteiger partial charge in [0.2, 0.25) is 10.0 Å². The van der Waals surface area contributed by atoms with Crippen molar-refractivity contribution in [2.24, 2.45) is 5.92 Å². The zero-order valence-electron chi connectivity index (χ0n) is 17.8. The Morgan fingerprint density at radius 2 is 1.69 bits per heavy atom. The lowest BCUT2D eigenvalue weighted by Gasteiger charge is -2.29. The summed E-state index contributed by atoms with van der Waals surface area (Å²) in [6.07, 6.45) is 1.71. The minimum Gasteiger partial charge on any atom is -0.465 e. The van der Waals surface area contributed by atoms with Gasteiger partial charge >= 0.3 is 5.97 Å². The Balaban J connectivity index is 1.61. The van der Waals surface area contributed by atoms with Crippen molar-refractivity contribution in [2.45, 2.75) is 24.7 Å². The highest BCUT2D eigenvalue weighted by molar-refractivity contribution is 7.89. The Hall–Kier alpha value is -2.82. The predicted octanol–water partition coefficient (Wildman–Crippen LogP) is 3.02. The topological polar surface area (TPSA) is 105 Å². The molecular weight excluding hydrogens is 450 g/mol. The number of nitrogens with zero attached hydrogens (tertiary/aromatic N) is 1. The maximum atomic E-state index is 12.8. The first kappa shape index (κ1) is 23.8. The van der Waals surface area contributed by atoms with Crippen LogP contribution in [0.2, 0.25) is 0 Å². The van der Waals surface area contributed by atoms with Crippen molar-refractivity contribution in [2.75, 3.05) is 25.5 Å². The third-order valence-electron chi connectivity index (χ3n) is 5.27. The molecule has 2 N–H and O–H groups in total. The number of benzene rings is 2. The first-order valence-corrected chi connectivity index (χ1v) is 12.0. The van der Waals surface area contributed by atoms with Crippen LogP contribution in [0, 0.1) is 5.92 Å². The molecule has 1 saturated heterocycles. The second-order valence-electron chi connectivity index (χ2n) is 7.59. The number of piperidine rings is 1. The van der Waals surface area contributed by atoms with Crippen LogP contribution in [0.3, 0.4) is 0 Å². The molecule has 2 aromatic carbocycles. The van der Waals surface area contributed by atoms with Gasteiger partial charge in [0.15, 0.2) is 5.11 Å². The number of nitrogens with one attached hydrogen (secondary N) is 2. The fourth-order valence-electron chi connectivity index (χ4n) is 3.33. The summed E-state index contributed by atoms with van der Waals surface area (Å²) in [4.78, 5) is 24.3. The largest absolute Gasteiger partial charge is 0.465 e. The molecule has 170 valence electrons. The van der Waals surface area contributed by atoms with E-state index in [4.69, 9.17) is 12.2 Å². The SMILES string of the molecule is COC(=O)c1cccc(C(=O)NC(=S)Nc2ccc(S(=O)(=O)N3CCC(C)CC3)cc2)c1. The van der Waals surface area contributed by atoms with E-state index in [1.807, 2.05) is 0 Å². The number of rotatable bonds is 5. The second kappa shape index (κ2) is 10.2. The maximum absolute atomic E-state index is 12.8. The van der Waals surface area contributed by atoms with Gasteiger partial charge in [0.1, 0.15) is 0 Å². The number of esters is 1. The van der Waals surface area contributed by atoms with Crippen molar-refractivity contribution in [3.05, 3.63) is 59.7 Å². The highest BCUT2D eigenvalue weighted by Gasteiger charge is 2.27. The fourth-order valence-corrected chi connectivity index (χ4v) is 5.01. The lowest BCUT2D eigenvalue weighted by molar-refractivity contribution is 0.0600.